The number of nitrogens with zero attached hydrogens (tertiary/aromatic N) is 3. The van der Waals surface area contributed by atoms with Crippen LogP contribution in [0.15, 0.2) is 6.20 Å². The Bertz CT molecular complexity index is 412. The van der Waals surface area contributed by atoms with E-state index in [0.29, 0.717) is 12.2 Å². The zero-order valence-electron chi connectivity index (χ0n) is 11.4. The average molecular weight is 252 g/mol. The first-order valence-electron chi connectivity index (χ1n) is 6.00. The number of aromatic amines is 1. The number of nitrogens with one attached hydrogen (secondary N) is 1. The second-order valence-electron chi connectivity index (χ2n) is 5.06. The van der Waals surface area contributed by atoms with Crippen molar-refractivity contribution in [2.75, 3.05) is 6.54 Å². The molecule has 1 rings (SSSR count). The zero-order valence-corrected chi connectivity index (χ0v) is 11.4. The lowest BCUT2D eigenvalue weighted by Gasteiger charge is -2.30. The third-order valence-corrected chi connectivity index (χ3v) is 2.98. The van der Waals surface area contributed by atoms with Crippen LogP contribution in [0.3, 0.4) is 0 Å². The third-order valence-electron chi connectivity index (χ3n) is 2.98. The number of amides is 1. The van der Waals surface area contributed by atoms with Gasteiger partial charge < -0.3 is 4.90 Å². The van der Waals surface area contributed by atoms with E-state index in [1.54, 1.807) is 6.20 Å². The fourth-order valence-corrected chi connectivity index (χ4v) is 1.54. The molecule has 0 aliphatic carbocycles. The summed E-state index contributed by atoms with van der Waals surface area (Å²) in [6.45, 7) is 7.60. The number of aromatic nitrogens is 3. The minimum atomic E-state index is -0.473. The van der Waals surface area contributed by atoms with Crippen LogP contribution in [-0.4, -0.2) is 38.5 Å². The van der Waals surface area contributed by atoms with Gasteiger partial charge in [0.25, 0.3) is 0 Å². The lowest BCUT2D eigenvalue weighted by Crippen LogP contribution is -2.42. The molecule has 1 aromatic rings. The van der Waals surface area contributed by atoms with E-state index in [-0.39, 0.29) is 18.2 Å². The second kappa shape index (κ2) is 5.75. The van der Waals surface area contributed by atoms with Crippen molar-refractivity contribution < 1.29 is 9.59 Å². The van der Waals surface area contributed by atoms with Crippen LogP contribution in [-0.2, 0) is 16.1 Å². The Morgan fingerprint density at radius 3 is 2.56 bits per heavy atom. The Balaban J connectivity index is 2.84. The molecule has 1 amide bonds. The molecule has 100 valence electrons. The molecule has 1 N–H and O–H groups in total. The molecule has 0 spiro atoms. The minimum absolute atomic E-state index is 0.0387. The highest BCUT2D eigenvalue weighted by atomic mass is 16.2. The number of hydrogen-bond acceptors (Lipinski definition) is 4. The highest BCUT2D eigenvalue weighted by Crippen LogP contribution is 2.23. The molecule has 0 atom stereocenters. The molecule has 0 radical (unpaired) electrons. The van der Waals surface area contributed by atoms with Gasteiger partial charge in [0, 0.05) is 5.41 Å². The van der Waals surface area contributed by atoms with Gasteiger partial charge in [0.15, 0.2) is 0 Å². The quantitative estimate of drug-likeness (QED) is 0.824. The van der Waals surface area contributed by atoms with E-state index in [1.807, 2.05) is 20.8 Å². The van der Waals surface area contributed by atoms with Crippen molar-refractivity contribution in [1.82, 2.24) is 20.3 Å². The van der Waals surface area contributed by atoms with E-state index in [4.69, 9.17) is 0 Å². The largest absolute Gasteiger partial charge is 0.329 e. The molecule has 1 heterocycles. The maximum Gasteiger partial charge on any atom is 0.228 e. The third kappa shape index (κ3) is 3.65. The van der Waals surface area contributed by atoms with Crippen molar-refractivity contribution in [1.29, 1.82) is 0 Å². The Hall–Kier alpha value is -1.72. The van der Waals surface area contributed by atoms with Crippen LogP contribution >= 0.6 is 0 Å². The van der Waals surface area contributed by atoms with E-state index in [2.05, 4.69) is 15.4 Å². The van der Waals surface area contributed by atoms with Crippen molar-refractivity contribution >= 4 is 11.7 Å². The highest BCUT2D eigenvalue weighted by molar-refractivity contribution is 5.87. The molecule has 6 nitrogen and oxygen atoms in total. The van der Waals surface area contributed by atoms with Crippen molar-refractivity contribution in [2.45, 2.75) is 40.7 Å². The summed E-state index contributed by atoms with van der Waals surface area (Å²) < 4.78 is 0. The molecular weight excluding hydrogens is 232 g/mol. The van der Waals surface area contributed by atoms with Gasteiger partial charge in [-0.15, -0.1) is 0 Å². The summed E-state index contributed by atoms with van der Waals surface area (Å²) in [6.07, 6.45) is 2.28. The van der Waals surface area contributed by atoms with E-state index in [1.165, 1.54) is 11.8 Å². The molecule has 0 aromatic carbocycles. The summed E-state index contributed by atoms with van der Waals surface area (Å²) in [5, 5.41) is 10.1. The maximum atomic E-state index is 12.4. The van der Waals surface area contributed by atoms with E-state index >= 15 is 0 Å². The van der Waals surface area contributed by atoms with Crippen LogP contribution in [0.25, 0.3) is 0 Å². The number of carbonyl (C=O) groups excluding carboxylic acids is 2. The van der Waals surface area contributed by atoms with E-state index < -0.39 is 5.41 Å². The number of carbonyl (C=O) groups is 2. The summed E-state index contributed by atoms with van der Waals surface area (Å²) in [4.78, 5) is 25.2. The van der Waals surface area contributed by atoms with Crippen LogP contribution in [0.5, 0.6) is 0 Å². The van der Waals surface area contributed by atoms with Crippen LogP contribution in [0.4, 0.5) is 0 Å². The number of ketones is 1. The lowest BCUT2D eigenvalue weighted by atomic mass is 9.88. The molecule has 0 aliphatic heterocycles. The molecule has 0 saturated heterocycles. The van der Waals surface area contributed by atoms with Gasteiger partial charge in [0.05, 0.1) is 19.3 Å². The monoisotopic (exact) mass is 252 g/mol. The summed E-state index contributed by atoms with van der Waals surface area (Å²) in [5.74, 6) is -0.0815. The average Bonchev–Trinajstić information content (AvgIpc) is 2.79. The molecule has 0 aliphatic rings. The molecule has 0 unspecified atom stereocenters. The van der Waals surface area contributed by atoms with Gasteiger partial charge in [-0.05, 0) is 13.3 Å². The van der Waals surface area contributed by atoms with Gasteiger partial charge in [-0.25, -0.2) is 0 Å². The van der Waals surface area contributed by atoms with Gasteiger partial charge in [-0.3, -0.25) is 9.59 Å². The fraction of sp³-hybridized carbons (Fsp3) is 0.667. The van der Waals surface area contributed by atoms with Crippen molar-refractivity contribution in [3.05, 3.63) is 11.9 Å². The smallest absolute Gasteiger partial charge is 0.228 e. The van der Waals surface area contributed by atoms with Crippen molar-refractivity contribution in [2.24, 2.45) is 5.41 Å². The maximum absolute atomic E-state index is 12.4. The van der Waals surface area contributed by atoms with Crippen LogP contribution in [0.1, 0.15) is 39.8 Å². The van der Waals surface area contributed by atoms with Gasteiger partial charge in [0.1, 0.15) is 11.5 Å². The van der Waals surface area contributed by atoms with Gasteiger partial charge in [-0.2, -0.15) is 15.4 Å². The molecule has 1 aromatic heterocycles. The highest BCUT2D eigenvalue weighted by Gasteiger charge is 2.31. The number of hydrogen-bond donors (Lipinski definition) is 1. The summed E-state index contributed by atoms with van der Waals surface area (Å²) in [7, 11) is 0. The normalized spacial score (nSPS) is 11.3. The predicted molar refractivity (Wildman–Crippen MR) is 66.6 cm³/mol. The standard InChI is InChI=1S/C12H20N4O2/c1-5-12(3,4)11(18)16(7-9(2)17)8-10-6-13-15-14-10/h6H,5,7-8H2,1-4H3,(H,13,14,15). The number of rotatable bonds is 6. The number of Topliss-reactive ketones (excluding diaryl/α,β-unsaturated/α-hetero) is 1. The van der Waals surface area contributed by atoms with Gasteiger partial charge in [-0.1, -0.05) is 20.8 Å². The van der Waals surface area contributed by atoms with Crippen LogP contribution < -0.4 is 0 Å². The first-order valence-corrected chi connectivity index (χ1v) is 6.00. The first kappa shape index (κ1) is 14.3. The Kier molecular flexibility index (Phi) is 4.58. The number of H-pyrrole nitrogens is 1. The molecule has 18 heavy (non-hydrogen) atoms. The Morgan fingerprint density at radius 1 is 1.44 bits per heavy atom. The zero-order chi connectivity index (χ0) is 13.8. The first-order chi connectivity index (χ1) is 8.36. The molecular formula is C12H20N4O2. The fourth-order valence-electron chi connectivity index (χ4n) is 1.54. The minimum Gasteiger partial charge on any atom is -0.329 e. The van der Waals surface area contributed by atoms with Crippen molar-refractivity contribution in [3.63, 3.8) is 0 Å². The predicted octanol–water partition coefficient (Wildman–Crippen LogP) is 1.16. The lowest BCUT2D eigenvalue weighted by molar-refractivity contribution is -0.143. The Labute approximate surface area is 107 Å². The SMILES string of the molecule is CCC(C)(C)C(=O)N(CC(C)=O)Cc1cn[nH]n1. The van der Waals surface area contributed by atoms with Gasteiger partial charge in [0.2, 0.25) is 5.91 Å². The van der Waals surface area contributed by atoms with E-state index in [0.717, 1.165) is 6.42 Å². The summed E-state index contributed by atoms with van der Waals surface area (Å²) in [6, 6.07) is 0. The van der Waals surface area contributed by atoms with E-state index in [9.17, 15) is 9.59 Å². The second-order valence-corrected chi connectivity index (χ2v) is 5.06. The van der Waals surface area contributed by atoms with Crippen molar-refractivity contribution in [3.8, 4) is 0 Å². The van der Waals surface area contributed by atoms with Crippen LogP contribution in [0, 0.1) is 5.41 Å². The molecule has 0 saturated carbocycles. The van der Waals surface area contributed by atoms with Crippen LogP contribution in [0.2, 0.25) is 0 Å². The molecule has 0 bridgehead atoms. The summed E-state index contributed by atoms with van der Waals surface area (Å²) in [5.41, 5.74) is 0.177. The molecule has 6 heteroatoms. The topological polar surface area (TPSA) is 79.0 Å². The summed E-state index contributed by atoms with van der Waals surface area (Å²) >= 11 is 0. The Morgan fingerprint density at radius 2 is 2.11 bits per heavy atom. The van der Waals surface area contributed by atoms with Gasteiger partial charge >= 0.3 is 0 Å². The molecule has 0 fully saturated rings.